The van der Waals surface area contributed by atoms with Gasteiger partial charge in [0.25, 0.3) is 0 Å². The van der Waals surface area contributed by atoms with E-state index in [4.69, 9.17) is 15.5 Å². The van der Waals surface area contributed by atoms with Crippen LogP contribution in [0.25, 0.3) is 11.2 Å². The first-order valence-corrected chi connectivity index (χ1v) is 8.47. The van der Waals surface area contributed by atoms with Gasteiger partial charge in [0, 0.05) is 30.9 Å². The van der Waals surface area contributed by atoms with Crippen LogP contribution in [0.2, 0.25) is 0 Å². The third kappa shape index (κ3) is 3.67. The minimum absolute atomic E-state index is 0.639. The van der Waals surface area contributed by atoms with Gasteiger partial charge in [0.1, 0.15) is 17.1 Å². The van der Waals surface area contributed by atoms with Crippen molar-refractivity contribution in [1.29, 1.82) is 0 Å². The summed E-state index contributed by atoms with van der Waals surface area (Å²) in [4.78, 5) is 9.33. The van der Waals surface area contributed by atoms with Crippen LogP contribution in [0, 0.1) is 6.92 Å². The van der Waals surface area contributed by atoms with Gasteiger partial charge in [-0.2, -0.15) is 0 Å². The first kappa shape index (κ1) is 16.3. The van der Waals surface area contributed by atoms with Crippen LogP contribution >= 0.6 is 0 Å². The summed E-state index contributed by atoms with van der Waals surface area (Å²) < 4.78 is 8.01. The maximum absolute atomic E-state index is 5.78. The first-order chi connectivity index (χ1) is 11.7. The zero-order valence-corrected chi connectivity index (χ0v) is 14.3. The second-order valence-electron chi connectivity index (χ2n) is 6.06. The third-order valence-electron chi connectivity index (χ3n) is 3.93. The van der Waals surface area contributed by atoms with Crippen LogP contribution in [-0.4, -0.2) is 21.1 Å². The molecule has 0 bridgehead atoms. The summed E-state index contributed by atoms with van der Waals surface area (Å²) in [6.07, 6.45) is 4.83. The number of anilines is 1. The molecule has 24 heavy (non-hydrogen) atoms. The molecule has 5 nitrogen and oxygen atoms in total. The summed E-state index contributed by atoms with van der Waals surface area (Å²) in [5.74, 6) is 1.92. The summed E-state index contributed by atoms with van der Waals surface area (Å²) in [5.41, 5.74) is 9.57. The molecule has 0 saturated carbocycles. The van der Waals surface area contributed by atoms with E-state index in [0.29, 0.717) is 6.61 Å². The number of aromatic nitrogens is 3. The first-order valence-electron chi connectivity index (χ1n) is 8.47. The molecule has 0 saturated heterocycles. The predicted molar refractivity (Wildman–Crippen MR) is 97.2 cm³/mol. The minimum atomic E-state index is 0.639. The van der Waals surface area contributed by atoms with Crippen LogP contribution in [0.1, 0.15) is 31.2 Å². The Bertz CT molecular complexity index is 825. The average molecular weight is 324 g/mol. The summed E-state index contributed by atoms with van der Waals surface area (Å²) in [6.45, 7) is 5.71. The van der Waals surface area contributed by atoms with Crippen LogP contribution < -0.4 is 10.5 Å². The van der Waals surface area contributed by atoms with Crippen LogP contribution in [0.15, 0.2) is 36.5 Å². The van der Waals surface area contributed by atoms with Crippen molar-refractivity contribution in [2.75, 3.05) is 12.3 Å². The number of nitrogen functional groups attached to an aromatic ring is 1. The van der Waals surface area contributed by atoms with E-state index in [1.807, 2.05) is 37.4 Å². The number of hydrogen-bond donors (Lipinski definition) is 1. The maximum Gasteiger partial charge on any atom is 0.160 e. The Hall–Kier alpha value is -2.56. The van der Waals surface area contributed by atoms with E-state index in [1.165, 1.54) is 0 Å². The third-order valence-corrected chi connectivity index (χ3v) is 3.93. The Kier molecular flexibility index (Phi) is 4.99. The molecule has 0 unspecified atom stereocenters. The molecule has 3 aromatic rings. The van der Waals surface area contributed by atoms with Gasteiger partial charge in [0.05, 0.1) is 6.61 Å². The molecule has 2 heterocycles. The molecular weight excluding hydrogens is 300 g/mol. The highest BCUT2D eigenvalue weighted by Crippen LogP contribution is 2.18. The lowest BCUT2D eigenvalue weighted by atomic mass is 10.3. The number of nitrogens with two attached hydrogens (primary N) is 1. The summed E-state index contributed by atoms with van der Waals surface area (Å²) in [7, 11) is 0. The molecule has 0 spiro atoms. The van der Waals surface area contributed by atoms with E-state index in [2.05, 4.69) is 22.5 Å². The van der Waals surface area contributed by atoms with Gasteiger partial charge in [-0.25, -0.2) is 9.97 Å². The normalized spacial score (nSPS) is 11.1. The number of ether oxygens (including phenoxy) is 1. The van der Waals surface area contributed by atoms with Crippen LogP contribution in [0.3, 0.4) is 0 Å². The molecule has 0 aliphatic rings. The van der Waals surface area contributed by atoms with Crippen LogP contribution in [-0.2, 0) is 13.0 Å². The van der Waals surface area contributed by atoms with Crippen molar-refractivity contribution in [3.8, 4) is 5.75 Å². The molecule has 0 atom stereocenters. The number of nitrogens with zero attached hydrogens (tertiary/aromatic N) is 3. The van der Waals surface area contributed by atoms with E-state index >= 15 is 0 Å². The Morgan fingerprint density at radius 3 is 2.92 bits per heavy atom. The van der Waals surface area contributed by atoms with Gasteiger partial charge in [-0.3, -0.25) is 0 Å². The van der Waals surface area contributed by atoms with Gasteiger partial charge >= 0.3 is 0 Å². The van der Waals surface area contributed by atoms with Crippen LogP contribution in [0.4, 0.5) is 5.69 Å². The Morgan fingerprint density at radius 1 is 1.25 bits per heavy atom. The molecule has 0 aliphatic heterocycles. The molecule has 126 valence electrons. The number of imidazole rings is 1. The van der Waals surface area contributed by atoms with E-state index in [0.717, 1.165) is 59.8 Å². The topological polar surface area (TPSA) is 66.0 Å². The monoisotopic (exact) mass is 324 g/mol. The molecule has 2 aromatic heterocycles. The zero-order chi connectivity index (χ0) is 16.9. The second kappa shape index (κ2) is 7.34. The van der Waals surface area contributed by atoms with Crippen molar-refractivity contribution in [2.24, 2.45) is 0 Å². The lowest BCUT2D eigenvalue weighted by Crippen LogP contribution is -2.08. The van der Waals surface area contributed by atoms with Crippen molar-refractivity contribution < 1.29 is 4.74 Å². The Morgan fingerprint density at radius 2 is 2.12 bits per heavy atom. The predicted octanol–water partition coefficient (Wildman–Crippen LogP) is 3.74. The highest BCUT2D eigenvalue weighted by atomic mass is 16.5. The van der Waals surface area contributed by atoms with E-state index < -0.39 is 0 Å². The van der Waals surface area contributed by atoms with Gasteiger partial charge in [0.2, 0.25) is 0 Å². The van der Waals surface area contributed by atoms with Crippen molar-refractivity contribution in [2.45, 2.75) is 39.7 Å². The summed E-state index contributed by atoms with van der Waals surface area (Å²) in [5, 5.41) is 0. The van der Waals surface area contributed by atoms with Crippen molar-refractivity contribution in [1.82, 2.24) is 14.5 Å². The van der Waals surface area contributed by atoms with Gasteiger partial charge in [-0.15, -0.1) is 0 Å². The fraction of sp³-hybridized carbons (Fsp3) is 0.368. The SMILES string of the molecule is CCCc1nc2cc(C)cnc2n1CCCOc1cccc(N)c1. The fourth-order valence-corrected chi connectivity index (χ4v) is 2.82. The Labute approximate surface area is 142 Å². The maximum atomic E-state index is 5.78. The number of fused-ring (bicyclic) bond motifs is 1. The summed E-state index contributed by atoms with van der Waals surface area (Å²) >= 11 is 0. The number of rotatable bonds is 7. The minimum Gasteiger partial charge on any atom is -0.493 e. The molecule has 2 N–H and O–H groups in total. The molecule has 0 aliphatic carbocycles. The molecule has 1 aromatic carbocycles. The lowest BCUT2D eigenvalue weighted by Gasteiger charge is -2.10. The highest BCUT2D eigenvalue weighted by Gasteiger charge is 2.11. The van der Waals surface area contributed by atoms with Gasteiger partial charge in [0.15, 0.2) is 5.65 Å². The van der Waals surface area contributed by atoms with Crippen molar-refractivity contribution in [3.05, 3.63) is 47.9 Å². The molecule has 5 heteroatoms. The number of aryl methyl sites for hydroxylation is 3. The molecule has 0 amide bonds. The lowest BCUT2D eigenvalue weighted by molar-refractivity contribution is 0.302. The molecule has 0 fully saturated rings. The fourth-order valence-electron chi connectivity index (χ4n) is 2.82. The molecular formula is C19H24N4O. The quantitative estimate of drug-likeness (QED) is 0.531. The van der Waals surface area contributed by atoms with E-state index in [-0.39, 0.29) is 0 Å². The van der Waals surface area contributed by atoms with E-state index in [9.17, 15) is 0 Å². The standard InChI is InChI=1S/C19H24N4O/c1-3-6-18-22-17-11-14(2)13-21-19(17)23(18)9-5-10-24-16-8-4-7-15(20)12-16/h4,7-8,11-13H,3,5-6,9-10,20H2,1-2H3. The van der Waals surface area contributed by atoms with Gasteiger partial charge in [-0.05, 0) is 43.5 Å². The average Bonchev–Trinajstić information content (AvgIpc) is 2.88. The Balaban J connectivity index is 1.68. The molecule has 0 radical (unpaired) electrons. The number of benzene rings is 1. The smallest absolute Gasteiger partial charge is 0.160 e. The summed E-state index contributed by atoms with van der Waals surface area (Å²) in [6, 6.07) is 9.63. The largest absolute Gasteiger partial charge is 0.493 e. The number of hydrogen-bond acceptors (Lipinski definition) is 4. The second-order valence-corrected chi connectivity index (χ2v) is 6.06. The highest BCUT2D eigenvalue weighted by molar-refractivity contribution is 5.72. The van der Waals surface area contributed by atoms with E-state index in [1.54, 1.807) is 0 Å². The number of pyridine rings is 1. The van der Waals surface area contributed by atoms with Crippen molar-refractivity contribution >= 4 is 16.9 Å². The molecule has 3 rings (SSSR count). The zero-order valence-electron chi connectivity index (χ0n) is 14.3. The van der Waals surface area contributed by atoms with Gasteiger partial charge < -0.3 is 15.0 Å². The van der Waals surface area contributed by atoms with Gasteiger partial charge in [-0.1, -0.05) is 13.0 Å². The van der Waals surface area contributed by atoms with Crippen molar-refractivity contribution in [3.63, 3.8) is 0 Å². The van der Waals surface area contributed by atoms with Crippen LogP contribution in [0.5, 0.6) is 5.75 Å².